The highest BCUT2D eigenvalue weighted by atomic mass is 35.5. The average molecular weight is 266 g/mol. The highest BCUT2D eigenvalue weighted by Crippen LogP contribution is 2.11. The number of hydrogen-bond acceptors (Lipinski definition) is 4. The van der Waals surface area contributed by atoms with Gasteiger partial charge in [-0.05, 0) is 24.6 Å². The molecule has 0 aliphatic heterocycles. The van der Waals surface area contributed by atoms with Crippen molar-refractivity contribution < 1.29 is 14.1 Å². The summed E-state index contributed by atoms with van der Waals surface area (Å²) < 4.78 is 9.93. The van der Waals surface area contributed by atoms with Crippen molar-refractivity contribution in [3.8, 4) is 0 Å². The number of nitrogens with zero attached hydrogens (tertiary/aromatic N) is 1. The minimum atomic E-state index is -0.414. The smallest absolute Gasteiger partial charge is 0.343 e. The molecule has 0 N–H and O–H groups in total. The third-order valence-electron chi connectivity index (χ3n) is 2.51. The van der Waals surface area contributed by atoms with Crippen LogP contribution < -0.4 is 0 Å². The molecule has 0 saturated carbocycles. The molecule has 94 valence electrons. The van der Waals surface area contributed by atoms with Crippen molar-refractivity contribution in [2.24, 2.45) is 0 Å². The molecule has 2 aromatic rings. The van der Waals surface area contributed by atoms with Gasteiger partial charge in [-0.3, -0.25) is 0 Å². The first-order valence-electron chi connectivity index (χ1n) is 5.49. The van der Waals surface area contributed by atoms with Gasteiger partial charge in [-0.15, -0.1) is 0 Å². The lowest BCUT2D eigenvalue weighted by Crippen LogP contribution is -2.08. The summed E-state index contributed by atoms with van der Waals surface area (Å²) in [5.41, 5.74) is 1.43. The van der Waals surface area contributed by atoms with Crippen molar-refractivity contribution in [2.75, 3.05) is 6.61 Å². The molecular formula is C13H12ClNO3. The van der Waals surface area contributed by atoms with Crippen LogP contribution in [0.25, 0.3) is 0 Å². The van der Waals surface area contributed by atoms with E-state index in [0.717, 1.165) is 5.56 Å². The maximum Gasteiger partial charge on any atom is 0.343 e. The predicted molar refractivity (Wildman–Crippen MR) is 66.7 cm³/mol. The van der Waals surface area contributed by atoms with Gasteiger partial charge in [0.25, 0.3) is 0 Å². The van der Waals surface area contributed by atoms with Gasteiger partial charge in [-0.1, -0.05) is 28.9 Å². The van der Waals surface area contributed by atoms with Crippen LogP contribution in [0.15, 0.2) is 35.0 Å². The zero-order valence-electron chi connectivity index (χ0n) is 9.85. The Labute approximate surface area is 109 Å². The van der Waals surface area contributed by atoms with Crippen molar-refractivity contribution in [3.05, 3.63) is 52.4 Å². The number of ether oxygens (including phenoxy) is 1. The summed E-state index contributed by atoms with van der Waals surface area (Å²) in [6.45, 7) is 1.98. The summed E-state index contributed by atoms with van der Waals surface area (Å²) in [5.74, 6) is 0.0502. The lowest BCUT2D eigenvalue weighted by atomic mass is 10.2. The first-order chi connectivity index (χ1) is 8.66. The molecule has 0 unspecified atom stereocenters. The Bertz CT molecular complexity index is 533. The van der Waals surface area contributed by atoms with Crippen LogP contribution in [0.5, 0.6) is 0 Å². The zero-order chi connectivity index (χ0) is 13.0. The van der Waals surface area contributed by atoms with Crippen molar-refractivity contribution in [1.82, 2.24) is 5.16 Å². The van der Waals surface area contributed by atoms with Gasteiger partial charge in [-0.25, -0.2) is 4.79 Å². The molecule has 0 aliphatic carbocycles. The summed E-state index contributed by atoms with van der Waals surface area (Å²) in [6, 6.07) is 7.42. The third kappa shape index (κ3) is 3.11. The maximum atomic E-state index is 11.6. The fraction of sp³-hybridized carbons (Fsp3) is 0.231. The summed E-state index contributed by atoms with van der Waals surface area (Å²) in [4.78, 5) is 11.6. The van der Waals surface area contributed by atoms with E-state index >= 15 is 0 Å². The summed E-state index contributed by atoms with van der Waals surface area (Å²) in [7, 11) is 0. The molecule has 0 aliphatic rings. The molecule has 5 heteroatoms. The molecule has 1 heterocycles. The lowest BCUT2D eigenvalue weighted by molar-refractivity contribution is 0.0507. The fourth-order valence-electron chi connectivity index (χ4n) is 1.49. The molecular weight excluding hydrogens is 254 g/mol. The van der Waals surface area contributed by atoms with Gasteiger partial charge in [0.15, 0.2) is 0 Å². The molecule has 1 aromatic carbocycles. The monoisotopic (exact) mass is 265 g/mol. The second kappa shape index (κ2) is 5.69. The van der Waals surface area contributed by atoms with Gasteiger partial charge in [0.1, 0.15) is 11.3 Å². The highest BCUT2D eigenvalue weighted by molar-refractivity contribution is 6.30. The SMILES string of the molecule is Cc1oncc1C(=O)OCCc1ccc(Cl)cc1. The molecule has 4 nitrogen and oxygen atoms in total. The van der Waals surface area contributed by atoms with E-state index in [1.165, 1.54) is 6.20 Å². The van der Waals surface area contributed by atoms with E-state index < -0.39 is 5.97 Å². The van der Waals surface area contributed by atoms with Gasteiger partial charge in [0, 0.05) is 11.4 Å². The van der Waals surface area contributed by atoms with Crippen molar-refractivity contribution in [1.29, 1.82) is 0 Å². The van der Waals surface area contributed by atoms with Gasteiger partial charge in [-0.2, -0.15) is 0 Å². The number of esters is 1. The Morgan fingerprint density at radius 3 is 2.72 bits per heavy atom. The number of benzene rings is 1. The number of halogens is 1. The topological polar surface area (TPSA) is 52.3 Å². The van der Waals surface area contributed by atoms with E-state index in [2.05, 4.69) is 5.16 Å². The zero-order valence-corrected chi connectivity index (χ0v) is 10.6. The Morgan fingerprint density at radius 2 is 2.11 bits per heavy atom. The number of carbonyl (C=O) groups excluding carboxylic acids is 1. The minimum Gasteiger partial charge on any atom is -0.462 e. The molecule has 0 bridgehead atoms. The second-order valence-corrected chi connectivity index (χ2v) is 4.24. The van der Waals surface area contributed by atoms with Crippen LogP contribution >= 0.6 is 11.6 Å². The maximum absolute atomic E-state index is 11.6. The molecule has 18 heavy (non-hydrogen) atoms. The Morgan fingerprint density at radius 1 is 1.39 bits per heavy atom. The molecule has 2 rings (SSSR count). The average Bonchev–Trinajstić information content (AvgIpc) is 2.78. The van der Waals surface area contributed by atoms with E-state index in [4.69, 9.17) is 20.9 Å². The molecule has 0 fully saturated rings. The van der Waals surface area contributed by atoms with Crippen molar-refractivity contribution in [3.63, 3.8) is 0 Å². The van der Waals surface area contributed by atoms with E-state index in [9.17, 15) is 4.79 Å². The normalized spacial score (nSPS) is 10.3. The highest BCUT2D eigenvalue weighted by Gasteiger charge is 2.13. The molecule has 1 aromatic heterocycles. The van der Waals surface area contributed by atoms with Gasteiger partial charge < -0.3 is 9.26 Å². The Balaban J connectivity index is 1.84. The van der Waals surface area contributed by atoms with Gasteiger partial charge in [0.05, 0.1) is 12.8 Å². The number of rotatable bonds is 4. The van der Waals surface area contributed by atoms with Crippen LogP contribution in [0.3, 0.4) is 0 Å². The predicted octanol–water partition coefficient (Wildman–Crippen LogP) is 3.04. The van der Waals surface area contributed by atoms with E-state index in [1.54, 1.807) is 6.92 Å². The molecule has 0 atom stereocenters. The molecule has 0 radical (unpaired) electrons. The van der Waals surface area contributed by atoms with Crippen LogP contribution in [-0.2, 0) is 11.2 Å². The molecule has 0 saturated heterocycles. The minimum absolute atomic E-state index is 0.311. The molecule has 0 spiro atoms. The fourth-order valence-corrected chi connectivity index (χ4v) is 1.61. The number of hydrogen-bond donors (Lipinski definition) is 0. The standard InChI is InChI=1S/C13H12ClNO3/c1-9-12(8-15-18-9)13(16)17-7-6-10-2-4-11(14)5-3-10/h2-5,8H,6-7H2,1H3. The van der Waals surface area contributed by atoms with Gasteiger partial charge in [0.2, 0.25) is 0 Å². The van der Waals surface area contributed by atoms with Crippen LogP contribution in [0.4, 0.5) is 0 Å². The molecule has 0 amide bonds. The first kappa shape index (κ1) is 12.6. The van der Waals surface area contributed by atoms with Crippen LogP contribution in [-0.4, -0.2) is 17.7 Å². The quantitative estimate of drug-likeness (QED) is 0.798. The van der Waals surface area contributed by atoms with Crippen LogP contribution in [0.1, 0.15) is 21.7 Å². The van der Waals surface area contributed by atoms with Crippen LogP contribution in [0, 0.1) is 6.92 Å². The van der Waals surface area contributed by atoms with E-state index in [0.29, 0.717) is 29.4 Å². The first-order valence-corrected chi connectivity index (χ1v) is 5.87. The summed E-state index contributed by atoms with van der Waals surface area (Å²) >= 11 is 5.78. The van der Waals surface area contributed by atoms with E-state index in [1.807, 2.05) is 24.3 Å². The third-order valence-corrected chi connectivity index (χ3v) is 2.76. The Hall–Kier alpha value is -1.81. The summed E-state index contributed by atoms with van der Waals surface area (Å²) in [6.07, 6.45) is 2.01. The van der Waals surface area contributed by atoms with Gasteiger partial charge >= 0.3 is 5.97 Å². The number of aromatic nitrogens is 1. The van der Waals surface area contributed by atoms with Crippen LogP contribution in [0.2, 0.25) is 5.02 Å². The number of aryl methyl sites for hydroxylation is 1. The lowest BCUT2D eigenvalue weighted by Gasteiger charge is -2.03. The Kier molecular flexibility index (Phi) is 3.99. The largest absolute Gasteiger partial charge is 0.462 e. The second-order valence-electron chi connectivity index (χ2n) is 3.81. The summed E-state index contributed by atoms with van der Waals surface area (Å²) in [5, 5.41) is 4.22. The number of carbonyl (C=O) groups is 1. The van der Waals surface area contributed by atoms with Crippen molar-refractivity contribution >= 4 is 17.6 Å². The van der Waals surface area contributed by atoms with Crippen molar-refractivity contribution in [2.45, 2.75) is 13.3 Å². The van der Waals surface area contributed by atoms with E-state index in [-0.39, 0.29) is 0 Å².